The molecule has 2 N–H and O–H groups in total. The number of nitrogens with one attached hydrogen (secondary N) is 2. The monoisotopic (exact) mass is 439 g/mol. The van der Waals surface area contributed by atoms with Crippen molar-refractivity contribution in [1.29, 1.82) is 0 Å². The third-order valence-corrected chi connectivity index (χ3v) is 6.41. The number of anilines is 2. The second-order valence-electron chi connectivity index (χ2n) is 7.56. The van der Waals surface area contributed by atoms with Gasteiger partial charge in [-0.3, -0.25) is 0 Å². The smallest absolute Gasteiger partial charge is 0.308 e. The molecule has 3 heterocycles. The van der Waals surface area contributed by atoms with Gasteiger partial charge in [0, 0.05) is 11.3 Å². The van der Waals surface area contributed by atoms with E-state index in [2.05, 4.69) is 37.7 Å². The molecule has 1 fully saturated rings. The molecule has 2 amide bonds. The van der Waals surface area contributed by atoms with E-state index in [1.165, 1.54) is 4.80 Å². The number of hydrogen-bond donors (Lipinski definition) is 2. The number of nitrogens with zero attached hydrogens (tertiary/aromatic N) is 5. The van der Waals surface area contributed by atoms with Crippen molar-refractivity contribution in [1.82, 2.24) is 25.0 Å². The highest BCUT2D eigenvalue weighted by molar-refractivity contribution is 7.18. The maximum Gasteiger partial charge on any atom is 0.323 e. The summed E-state index contributed by atoms with van der Waals surface area (Å²) in [6, 6.07) is 4.79. The Morgan fingerprint density at radius 3 is 2.70 bits per heavy atom. The summed E-state index contributed by atoms with van der Waals surface area (Å²) in [5.74, 6) is 0. The molecule has 8 nitrogen and oxygen atoms in total. The summed E-state index contributed by atoms with van der Waals surface area (Å²) >= 11 is 7.90. The summed E-state index contributed by atoms with van der Waals surface area (Å²) in [6.45, 7) is 4.17. The van der Waals surface area contributed by atoms with E-state index in [4.69, 9.17) is 11.6 Å². The molecule has 152 valence electrons. The summed E-state index contributed by atoms with van der Waals surface area (Å²) in [5.41, 5.74) is 3.84. The molecule has 0 unspecified atom stereocenters. The number of benzene rings is 1. The number of carbonyl (C=O) groups is 1. The van der Waals surface area contributed by atoms with E-state index in [0.717, 1.165) is 33.8 Å². The maximum absolute atomic E-state index is 12.7. The van der Waals surface area contributed by atoms with Gasteiger partial charge in [-0.2, -0.15) is 15.0 Å². The molecule has 1 aliphatic rings. The molecular formula is C20H18ClN7OS. The Kier molecular flexibility index (Phi) is 4.44. The van der Waals surface area contributed by atoms with Gasteiger partial charge in [-0.05, 0) is 43.4 Å². The molecule has 1 aliphatic carbocycles. The zero-order valence-corrected chi connectivity index (χ0v) is 17.9. The number of fused-ring (bicyclic) bond motifs is 1. The van der Waals surface area contributed by atoms with E-state index in [1.54, 1.807) is 48.1 Å². The van der Waals surface area contributed by atoms with Crippen LogP contribution in [0.1, 0.15) is 30.3 Å². The van der Waals surface area contributed by atoms with Gasteiger partial charge in [-0.25, -0.2) is 14.8 Å². The Bertz CT molecular complexity index is 1260. The van der Waals surface area contributed by atoms with E-state index < -0.39 is 0 Å². The van der Waals surface area contributed by atoms with Gasteiger partial charge in [-0.15, -0.1) is 0 Å². The average Bonchev–Trinajstić information content (AvgIpc) is 3.08. The van der Waals surface area contributed by atoms with Gasteiger partial charge >= 0.3 is 6.03 Å². The number of hydrogen-bond acceptors (Lipinski definition) is 6. The number of halogens is 1. The third kappa shape index (κ3) is 3.40. The van der Waals surface area contributed by atoms with Crippen molar-refractivity contribution in [3.05, 3.63) is 52.4 Å². The Morgan fingerprint density at radius 1 is 1.23 bits per heavy atom. The normalized spacial score (nSPS) is 14.6. The largest absolute Gasteiger partial charge is 0.323 e. The van der Waals surface area contributed by atoms with Crippen molar-refractivity contribution in [2.45, 2.75) is 32.1 Å². The van der Waals surface area contributed by atoms with Crippen LogP contribution in [0.4, 0.5) is 16.2 Å². The van der Waals surface area contributed by atoms with Gasteiger partial charge in [0.25, 0.3) is 0 Å². The Labute approximate surface area is 181 Å². The molecule has 30 heavy (non-hydrogen) atoms. The van der Waals surface area contributed by atoms with Gasteiger partial charge in [0.15, 0.2) is 0 Å². The van der Waals surface area contributed by atoms with Crippen molar-refractivity contribution >= 4 is 50.7 Å². The SMILES string of the molecule is Cc1nc2c(C3(C)CC3)c(NC(=O)Nc3ccc(-n4nccn4)c(Cl)c3)cnc2s1. The molecule has 4 aromatic rings. The molecule has 3 aromatic heterocycles. The van der Waals surface area contributed by atoms with Crippen LogP contribution in [0.5, 0.6) is 0 Å². The van der Waals surface area contributed by atoms with Gasteiger partial charge in [0.1, 0.15) is 16.0 Å². The van der Waals surface area contributed by atoms with Crippen molar-refractivity contribution in [3.63, 3.8) is 0 Å². The first-order valence-corrected chi connectivity index (χ1v) is 10.6. The average molecular weight is 440 g/mol. The molecule has 10 heteroatoms. The van der Waals surface area contributed by atoms with Gasteiger partial charge in [0.2, 0.25) is 0 Å². The molecule has 0 atom stereocenters. The molecule has 0 bridgehead atoms. The lowest BCUT2D eigenvalue weighted by Crippen LogP contribution is -2.21. The van der Waals surface area contributed by atoms with Crippen molar-refractivity contribution in [2.24, 2.45) is 0 Å². The predicted octanol–water partition coefficient (Wildman–Crippen LogP) is 4.93. The van der Waals surface area contributed by atoms with Crippen LogP contribution in [0.15, 0.2) is 36.8 Å². The lowest BCUT2D eigenvalue weighted by Gasteiger charge is -2.16. The van der Waals surface area contributed by atoms with Crippen LogP contribution < -0.4 is 10.6 Å². The van der Waals surface area contributed by atoms with E-state index in [-0.39, 0.29) is 11.4 Å². The quantitative estimate of drug-likeness (QED) is 0.469. The maximum atomic E-state index is 12.7. The lowest BCUT2D eigenvalue weighted by molar-refractivity contribution is 0.262. The molecule has 0 spiro atoms. The summed E-state index contributed by atoms with van der Waals surface area (Å²) in [7, 11) is 0. The fourth-order valence-electron chi connectivity index (χ4n) is 3.50. The van der Waals surface area contributed by atoms with Crippen molar-refractivity contribution in [2.75, 3.05) is 10.6 Å². The summed E-state index contributed by atoms with van der Waals surface area (Å²) in [4.78, 5) is 24.2. The first-order chi connectivity index (χ1) is 14.4. The Morgan fingerprint density at radius 2 is 2.00 bits per heavy atom. The Hall–Kier alpha value is -3.04. The van der Waals surface area contributed by atoms with Crippen LogP contribution in [0.25, 0.3) is 16.0 Å². The molecular weight excluding hydrogens is 422 g/mol. The highest BCUT2D eigenvalue weighted by Gasteiger charge is 2.43. The summed E-state index contributed by atoms with van der Waals surface area (Å²) in [5, 5.41) is 15.3. The minimum atomic E-state index is -0.366. The number of thiazole rings is 1. The van der Waals surface area contributed by atoms with Crippen LogP contribution in [0, 0.1) is 6.92 Å². The van der Waals surface area contributed by atoms with Gasteiger partial charge < -0.3 is 10.6 Å². The van der Waals surface area contributed by atoms with Crippen LogP contribution >= 0.6 is 22.9 Å². The molecule has 1 aromatic carbocycles. The molecule has 1 saturated carbocycles. The number of amides is 2. The number of rotatable bonds is 4. The summed E-state index contributed by atoms with van der Waals surface area (Å²) in [6.07, 6.45) is 7.00. The second kappa shape index (κ2) is 7.03. The van der Waals surface area contributed by atoms with Crippen LogP contribution in [-0.2, 0) is 5.41 Å². The van der Waals surface area contributed by atoms with Crippen LogP contribution in [-0.4, -0.2) is 31.0 Å². The molecule has 0 saturated heterocycles. The van der Waals surface area contributed by atoms with Gasteiger partial charge in [-0.1, -0.05) is 29.9 Å². The van der Waals surface area contributed by atoms with Gasteiger partial charge in [0.05, 0.1) is 34.3 Å². The number of aromatic nitrogens is 5. The highest BCUT2D eigenvalue weighted by atomic mass is 35.5. The van der Waals surface area contributed by atoms with E-state index in [9.17, 15) is 4.79 Å². The fraction of sp³-hybridized carbons (Fsp3) is 0.250. The van der Waals surface area contributed by atoms with Crippen LogP contribution in [0.3, 0.4) is 0 Å². The first-order valence-electron chi connectivity index (χ1n) is 9.44. The zero-order chi connectivity index (χ0) is 20.9. The highest BCUT2D eigenvalue weighted by Crippen LogP contribution is 2.52. The Balaban J connectivity index is 1.40. The first kappa shape index (κ1) is 19.0. The third-order valence-electron chi connectivity index (χ3n) is 5.22. The van der Waals surface area contributed by atoms with E-state index in [1.807, 2.05) is 6.92 Å². The summed E-state index contributed by atoms with van der Waals surface area (Å²) < 4.78 is 0. The van der Waals surface area contributed by atoms with E-state index in [0.29, 0.717) is 22.1 Å². The number of carbonyl (C=O) groups excluding carboxylic acids is 1. The van der Waals surface area contributed by atoms with E-state index >= 15 is 0 Å². The second-order valence-corrected chi connectivity index (χ2v) is 9.15. The predicted molar refractivity (Wildman–Crippen MR) is 118 cm³/mol. The molecule has 0 aliphatic heterocycles. The lowest BCUT2D eigenvalue weighted by atomic mass is 9.96. The standard InChI is InChI=1S/C20H18ClN7OS/c1-11-25-17-16(20(2)5-6-20)14(10-22-18(17)30-11)27-19(29)26-12-3-4-15(13(21)9-12)28-23-7-8-24-28/h3-4,7-10H,5-6H2,1-2H3,(H2,26,27,29). The van der Waals surface area contributed by atoms with Crippen molar-refractivity contribution in [3.8, 4) is 5.69 Å². The topological polar surface area (TPSA) is 97.6 Å². The zero-order valence-electron chi connectivity index (χ0n) is 16.3. The number of urea groups is 1. The number of pyridine rings is 1. The van der Waals surface area contributed by atoms with Crippen LogP contribution in [0.2, 0.25) is 5.02 Å². The number of aryl methyl sites for hydroxylation is 1. The fourth-order valence-corrected chi connectivity index (χ4v) is 4.52. The molecule has 0 radical (unpaired) electrons. The minimum Gasteiger partial charge on any atom is -0.308 e. The minimum absolute atomic E-state index is 0.0199. The van der Waals surface area contributed by atoms with Crippen molar-refractivity contribution < 1.29 is 4.79 Å². The molecule has 5 rings (SSSR count).